The van der Waals surface area contributed by atoms with E-state index in [9.17, 15) is 14.0 Å². The van der Waals surface area contributed by atoms with Crippen molar-refractivity contribution in [1.82, 2.24) is 9.88 Å². The number of carbonyl (C=O) groups is 2. The van der Waals surface area contributed by atoms with Crippen molar-refractivity contribution < 1.29 is 14.0 Å². The molecule has 1 aromatic carbocycles. The quantitative estimate of drug-likeness (QED) is 0.868. The van der Waals surface area contributed by atoms with Crippen LogP contribution in [0.3, 0.4) is 0 Å². The first-order chi connectivity index (χ1) is 9.63. The fourth-order valence-corrected chi connectivity index (χ4v) is 2.20. The third-order valence-electron chi connectivity index (χ3n) is 3.16. The van der Waals surface area contributed by atoms with E-state index in [0.29, 0.717) is 17.9 Å². The zero-order chi connectivity index (χ0) is 14.1. The van der Waals surface area contributed by atoms with Gasteiger partial charge in [-0.15, -0.1) is 0 Å². The van der Waals surface area contributed by atoms with Gasteiger partial charge in [-0.05, 0) is 30.3 Å². The molecule has 102 valence electrons. The number of carbonyl (C=O) groups excluding carboxylic acids is 2. The molecule has 1 unspecified atom stereocenters. The van der Waals surface area contributed by atoms with Gasteiger partial charge in [0.2, 0.25) is 5.91 Å². The second kappa shape index (κ2) is 4.80. The molecule has 1 aliphatic heterocycles. The molecule has 0 aliphatic carbocycles. The van der Waals surface area contributed by atoms with Crippen LogP contribution in [0.2, 0.25) is 0 Å². The normalized spacial score (nSPS) is 17.2. The van der Waals surface area contributed by atoms with E-state index in [4.69, 9.17) is 0 Å². The summed E-state index contributed by atoms with van der Waals surface area (Å²) >= 11 is 0. The Labute approximate surface area is 114 Å². The predicted molar refractivity (Wildman–Crippen MR) is 70.7 cm³/mol. The maximum Gasteiger partial charge on any atom is 0.268 e. The smallest absolute Gasteiger partial charge is 0.268 e. The molecular formula is C14H12FN3O2. The summed E-state index contributed by atoms with van der Waals surface area (Å²) in [5.74, 6) is -1.09. The van der Waals surface area contributed by atoms with Crippen molar-refractivity contribution in [3.63, 3.8) is 0 Å². The molecule has 2 aromatic rings. The number of anilines is 1. The highest BCUT2D eigenvalue weighted by Gasteiger charge is 2.28. The van der Waals surface area contributed by atoms with Gasteiger partial charge in [0.15, 0.2) is 0 Å². The van der Waals surface area contributed by atoms with Crippen LogP contribution in [-0.2, 0) is 11.3 Å². The molecule has 0 saturated heterocycles. The van der Waals surface area contributed by atoms with Crippen LogP contribution < -0.4 is 10.6 Å². The van der Waals surface area contributed by atoms with E-state index in [1.807, 2.05) is 0 Å². The Bertz CT molecular complexity index is 681. The zero-order valence-electron chi connectivity index (χ0n) is 10.5. The average Bonchev–Trinajstić information content (AvgIpc) is 2.87. The number of benzene rings is 1. The third-order valence-corrected chi connectivity index (χ3v) is 3.16. The van der Waals surface area contributed by atoms with Crippen molar-refractivity contribution in [1.29, 1.82) is 0 Å². The van der Waals surface area contributed by atoms with Crippen molar-refractivity contribution in [2.75, 3.05) is 5.32 Å². The number of rotatable bonds is 2. The molecule has 20 heavy (non-hydrogen) atoms. The van der Waals surface area contributed by atoms with Crippen LogP contribution in [0.4, 0.5) is 10.1 Å². The molecule has 6 heteroatoms. The monoisotopic (exact) mass is 273 g/mol. The summed E-state index contributed by atoms with van der Waals surface area (Å²) < 4.78 is 14.8. The summed E-state index contributed by atoms with van der Waals surface area (Å²) in [6.07, 6.45) is 1.75. The molecule has 2 amide bonds. The number of nitrogens with zero attached hydrogens (tertiary/aromatic N) is 1. The first-order valence-corrected chi connectivity index (χ1v) is 6.16. The Morgan fingerprint density at radius 1 is 1.35 bits per heavy atom. The highest BCUT2D eigenvalue weighted by Crippen LogP contribution is 2.13. The van der Waals surface area contributed by atoms with Gasteiger partial charge < -0.3 is 15.2 Å². The van der Waals surface area contributed by atoms with E-state index in [1.165, 1.54) is 18.2 Å². The van der Waals surface area contributed by atoms with Crippen LogP contribution >= 0.6 is 0 Å². The maximum absolute atomic E-state index is 13.1. The summed E-state index contributed by atoms with van der Waals surface area (Å²) in [4.78, 5) is 23.9. The number of nitrogens with one attached hydrogen (secondary N) is 2. The van der Waals surface area contributed by atoms with Crippen molar-refractivity contribution in [3.8, 4) is 0 Å². The molecule has 3 rings (SSSR count). The van der Waals surface area contributed by atoms with Gasteiger partial charge in [0.05, 0.1) is 6.54 Å². The Kier molecular flexibility index (Phi) is 2.98. The Hall–Kier alpha value is -2.63. The second-order valence-electron chi connectivity index (χ2n) is 4.57. The summed E-state index contributed by atoms with van der Waals surface area (Å²) in [6, 6.07) is 8.39. The van der Waals surface area contributed by atoms with Crippen molar-refractivity contribution in [2.45, 2.75) is 12.6 Å². The molecule has 2 N–H and O–H groups in total. The fourth-order valence-electron chi connectivity index (χ4n) is 2.20. The topological polar surface area (TPSA) is 63.1 Å². The molecule has 1 aromatic heterocycles. The van der Waals surface area contributed by atoms with Crippen molar-refractivity contribution in [2.24, 2.45) is 0 Å². The van der Waals surface area contributed by atoms with Crippen LogP contribution in [0.15, 0.2) is 42.6 Å². The summed E-state index contributed by atoms with van der Waals surface area (Å²) in [6.45, 7) is 0.356. The van der Waals surface area contributed by atoms with Crippen LogP contribution in [0.1, 0.15) is 10.5 Å². The first kappa shape index (κ1) is 12.4. The molecule has 0 radical (unpaired) electrons. The minimum Gasteiger partial charge on any atom is -0.341 e. The molecule has 1 atom stereocenters. The molecule has 0 spiro atoms. The molecule has 5 nitrogen and oxygen atoms in total. The molecule has 0 bridgehead atoms. The van der Waals surface area contributed by atoms with Crippen LogP contribution in [-0.4, -0.2) is 22.4 Å². The van der Waals surface area contributed by atoms with E-state index in [-0.39, 0.29) is 11.8 Å². The van der Waals surface area contributed by atoms with Gasteiger partial charge in [-0.1, -0.05) is 6.07 Å². The molecule has 1 aliphatic rings. The lowest BCUT2D eigenvalue weighted by Gasteiger charge is -2.24. The van der Waals surface area contributed by atoms with Crippen LogP contribution in [0, 0.1) is 5.82 Å². The van der Waals surface area contributed by atoms with Crippen LogP contribution in [0.25, 0.3) is 0 Å². The fraction of sp³-hybridized carbons (Fsp3) is 0.143. The summed E-state index contributed by atoms with van der Waals surface area (Å²) in [5, 5.41) is 5.22. The largest absolute Gasteiger partial charge is 0.341 e. The minimum absolute atomic E-state index is 0.291. The molecule has 0 fully saturated rings. The highest BCUT2D eigenvalue weighted by atomic mass is 19.1. The van der Waals surface area contributed by atoms with E-state index in [2.05, 4.69) is 10.6 Å². The standard InChI is InChI=1S/C14H12FN3O2/c15-9-3-1-4-10(7-9)16-13(19)11-8-18-6-2-5-12(18)14(20)17-11/h1-7,11H,8H2,(H,16,19)(H,17,20). The Morgan fingerprint density at radius 3 is 3.00 bits per heavy atom. The minimum atomic E-state index is -0.675. The lowest BCUT2D eigenvalue weighted by Crippen LogP contribution is -2.50. The second-order valence-corrected chi connectivity index (χ2v) is 4.57. The highest BCUT2D eigenvalue weighted by molar-refractivity contribution is 6.01. The first-order valence-electron chi connectivity index (χ1n) is 6.16. The Morgan fingerprint density at radius 2 is 2.20 bits per heavy atom. The SMILES string of the molecule is O=C1NC(C(=O)Nc2cccc(F)c2)Cn2cccc21. The van der Waals surface area contributed by atoms with Crippen molar-refractivity contribution >= 4 is 17.5 Å². The number of halogens is 1. The number of hydrogen-bond acceptors (Lipinski definition) is 2. The lowest BCUT2D eigenvalue weighted by molar-refractivity contribution is -0.118. The van der Waals surface area contributed by atoms with Gasteiger partial charge in [-0.25, -0.2) is 4.39 Å². The predicted octanol–water partition coefficient (Wildman–Crippen LogP) is 1.38. The summed E-state index contributed by atoms with van der Waals surface area (Å²) in [7, 11) is 0. The number of hydrogen-bond donors (Lipinski definition) is 2. The number of fused-ring (bicyclic) bond motifs is 1. The molecule has 0 saturated carbocycles. The number of aromatic nitrogens is 1. The van der Waals surface area contributed by atoms with Gasteiger partial charge in [-0.2, -0.15) is 0 Å². The van der Waals surface area contributed by atoms with Gasteiger partial charge >= 0.3 is 0 Å². The van der Waals surface area contributed by atoms with E-state index in [0.717, 1.165) is 0 Å². The molecule has 2 heterocycles. The van der Waals surface area contributed by atoms with E-state index in [1.54, 1.807) is 29.0 Å². The molecular weight excluding hydrogens is 261 g/mol. The van der Waals surface area contributed by atoms with Crippen LogP contribution in [0.5, 0.6) is 0 Å². The number of amides is 2. The van der Waals surface area contributed by atoms with Gasteiger partial charge in [-0.3, -0.25) is 9.59 Å². The third kappa shape index (κ3) is 2.27. The van der Waals surface area contributed by atoms with Gasteiger partial charge in [0.25, 0.3) is 5.91 Å². The summed E-state index contributed by atoms with van der Waals surface area (Å²) in [5.41, 5.74) is 0.891. The van der Waals surface area contributed by atoms with Gasteiger partial charge in [0.1, 0.15) is 17.6 Å². The lowest BCUT2D eigenvalue weighted by atomic mass is 10.2. The van der Waals surface area contributed by atoms with Gasteiger partial charge in [0, 0.05) is 11.9 Å². The van der Waals surface area contributed by atoms with Crippen molar-refractivity contribution in [3.05, 3.63) is 54.1 Å². The Balaban J connectivity index is 1.74. The van der Waals surface area contributed by atoms with E-state index >= 15 is 0 Å². The zero-order valence-corrected chi connectivity index (χ0v) is 10.5. The average molecular weight is 273 g/mol. The van der Waals surface area contributed by atoms with E-state index < -0.39 is 11.9 Å². The maximum atomic E-state index is 13.1.